The minimum atomic E-state index is 1.00. The van der Waals surface area contributed by atoms with Crippen molar-refractivity contribution in [3.63, 3.8) is 0 Å². The number of fused-ring (bicyclic) bond motifs is 1. The number of para-hydroxylation sites is 1. The number of hydrogen-bond donors (Lipinski definition) is 1. The molecule has 1 aliphatic heterocycles. The Kier molecular flexibility index (Phi) is 3.14. The van der Waals surface area contributed by atoms with Crippen molar-refractivity contribution in [2.75, 3.05) is 31.1 Å². The van der Waals surface area contributed by atoms with Crippen LogP contribution in [0.4, 0.5) is 5.13 Å². The van der Waals surface area contributed by atoms with Crippen LogP contribution < -0.4 is 10.2 Å². The van der Waals surface area contributed by atoms with Gasteiger partial charge in [0.25, 0.3) is 0 Å². The monoisotopic (exact) mass is 302 g/mol. The van der Waals surface area contributed by atoms with Gasteiger partial charge in [-0.25, -0.2) is 9.97 Å². The Morgan fingerprint density at radius 2 is 1.95 bits per heavy atom. The van der Waals surface area contributed by atoms with E-state index in [0.717, 1.165) is 47.5 Å². The summed E-state index contributed by atoms with van der Waals surface area (Å²) in [6.07, 6.45) is 0. The van der Waals surface area contributed by atoms with E-state index in [1.54, 1.807) is 22.7 Å². The minimum Gasteiger partial charge on any atom is -0.346 e. The van der Waals surface area contributed by atoms with Gasteiger partial charge in [0.2, 0.25) is 0 Å². The van der Waals surface area contributed by atoms with Gasteiger partial charge in [-0.1, -0.05) is 12.1 Å². The molecule has 0 aliphatic carbocycles. The predicted molar refractivity (Wildman–Crippen MR) is 85.8 cm³/mol. The second-order valence-electron chi connectivity index (χ2n) is 4.74. The van der Waals surface area contributed by atoms with Crippen molar-refractivity contribution in [2.45, 2.75) is 0 Å². The number of rotatable bonds is 2. The molecular weight excluding hydrogens is 288 g/mol. The molecule has 0 spiro atoms. The summed E-state index contributed by atoms with van der Waals surface area (Å²) in [5.74, 6) is 0. The summed E-state index contributed by atoms with van der Waals surface area (Å²) < 4.78 is 1.22. The van der Waals surface area contributed by atoms with Gasteiger partial charge in [0.1, 0.15) is 10.7 Å². The second kappa shape index (κ2) is 5.12. The van der Waals surface area contributed by atoms with E-state index in [0.29, 0.717) is 0 Å². The highest BCUT2D eigenvalue weighted by molar-refractivity contribution is 7.22. The molecule has 3 heterocycles. The van der Waals surface area contributed by atoms with Crippen LogP contribution >= 0.6 is 22.7 Å². The molecule has 0 radical (unpaired) electrons. The fourth-order valence-corrected chi connectivity index (χ4v) is 4.21. The molecule has 2 aromatic heterocycles. The Morgan fingerprint density at radius 1 is 1.10 bits per heavy atom. The minimum absolute atomic E-state index is 1.00. The van der Waals surface area contributed by atoms with Crippen molar-refractivity contribution in [1.29, 1.82) is 0 Å². The van der Waals surface area contributed by atoms with Crippen LogP contribution in [0.1, 0.15) is 0 Å². The summed E-state index contributed by atoms with van der Waals surface area (Å²) in [5.41, 5.74) is 2.06. The van der Waals surface area contributed by atoms with E-state index in [9.17, 15) is 0 Å². The van der Waals surface area contributed by atoms with Crippen LogP contribution in [0.25, 0.3) is 20.9 Å². The maximum absolute atomic E-state index is 4.76. The van der Waals surface area contributed by atoms with Gasteiger partial charge in [0, 0.05) is 31.6 Å². The normalized spacial score (nSPS) is 15.9. The fraction of sp³-hybridized carbons (Fsp3) is 0.286. The lowest BCUT2D eigenvalue weighted by atomic mass is 10.3. The van der Waals surface area contributed by atoms with Gasteiger partial charge in [-0.2, -0.15) is 0 Å². The zero-order chi connectivity index (χ0) is 13.4. The summed E-state index contributed by atoms with van der Waals surface area (Å²) in [6.45, 7) is 4.14. The number of thiazole rings is 2. The molecule has 6 heteroatoms. The molecule has 1 N–H and O–H groups in total. The number of anilines is 1. The first-order valence-corrected chi connectivity index (χ1v) is 8.37. The van der Waals surface area contributed by atoms with E-state index in [1.165, 1.54) is 4.70 Å². The topological polar surface area (TPSA) is 41.0 Å². The summed E-state index contributed by atoms with van der Waals surface area (Å²) in [7, 11) is 0. The number of hydrogen-bond acceptors (Lipinski definition) is 6. The number of aromatic nitrogens is 2. The first-order chi connectivity index (χ1) is 9.90. The standard InChI is InChI=1S/C14H14N4S2/c1-2-4-12-10(3-1)16-13(20-12)11-9-19-14(17-11)18-7-5-15-6-8-18/h1-4,9,15H,5-8H2. The van der Waals surface area contributed by atoms with Crippen LogP contribution in [0.5, 0.6) is 0 Å². The summed E-state index contributed by atoms with van der Waals surface area (Å²) in [6, 6.07) is 8.25. The zero-order valence-electron chi connectivity index (χ0n) is 10.9. The smallest absolute Gasteiger partial charge is 0.186 e. The van der Waals surface area contributed by atoms with E-state index in [-0.39, 0.29) is 0 Å². The van der Waals surface area contributed by atoms with Crippen LogP contribution in [0.2, 0.25) is 0 Å². The molecule has 1 aliphatic rings. The molecule has 0 unspecified atom stereocenters. The number of piperazine rings is 1. The predicted octanol–water partition coefficient (Wildman–Crippen LogP) is 2.83. The molecule has 0 amide bonds. The SMILES string of the molecule is c1ccc2sc(-c3csc(N4CCNCC4)n3)nc2c1. The lowest BCUT2D eigenvalue weighted by Crippen LogP contribution is -2.43. The molecule has 4 nitrogen and oxygen atoms in total. The molecule has 0 bridgehead atoms. The maximum Gasteiger partial charge on any atom is 0.186 e. The Bertz CT molecular complexity index is 694. The van der Waals surface area contributed by atoms with Crippen molar-refractivity contribution >= 4 is 38.0 Å². The van der Waals surface area contributed by atoms with Gasteiger partial charge in [-0.3, -0.25) is 0 Å². The van der Waals surface area contributed by atoms with Gasteiger partial charge in [0.15, 0.2) is 5.13 Å². The quantitative estimate of drug-likeness (QED) is 0.790. The van der Waals surface area contributed by atoms with E-state index in [2.05, 4.69) is 38.8 Å². The van der Waals surface area contributed by atoms with Crippen LogP contribution in [-0.2, 0) is 0 Å². The van der Waals surface area contributed by atoms with Crippen molar-refractivity contribution in [1.82, 2.24) is 15.3 Å². The van der Waals surface area contributed by atoms with E-state index >= 15 is 0 Å². The summed E-state index contributed by atoms with van der Waals surface area (Å²) >= 11 is 3.43. The number of nitrogens with zero attached hydrogens (tertiary/aromatic N) is 3. The van der Waals surface area contributed by atoms with Gasteiger partial charge >= 0.3 is 0 Å². The second-order valence-corrected chi connectivity index (χ2v) is 6.61. The molecule has 1 saturated heterocycles. The maximum atomic E-state index is 4.76. The molecule has 0 saturated carbocycles. The zero-order valence-corrected chi connectivity index (χ0v) is 12.5. The van der Waals surface area contributed by atoms with Crippen LogP contribution in [0.3, 0.4) is 0 Å². The largest absolute Gasteiger partial charge is 0.346 e. The summed E-state index contributed by atoms with van der Waals surface area (Å²) in [5, 5.41) is 7.61. The molecular formula is C14H14N4S2. The average Bonchev–Trinajstić information content (AvgIpc) is 3.14. The Balaban J connectivity index is 1.66. The van der Waals surface area contributed by atoms with Crippen LogP contribution in [-0.4, -0.2) is 36.1 Å². The van der Waals surface area contributed by atoms with E-state index in [1.807, 2.05) is 6.07 Å². The average molecular weight is 302 g/mol. The van der Waals surface area contributed by atoms with Crippen molar-refractivity contribution in [3.05, 3.63) is 29.6 Å². The molecule has 1 fully saturated rings. The molecule has 3 aromatic rings. The van der Waals surface area contributed by atoms with Gasteiger partial charge in [0.05, 0.1) is 10.2 Å². The molecule has 1 aromatic carbocycles. The van der Waals surface area contributed by atoms with Gasteiger partial charge < -0.3 is 10.2 Å². The van der Waals surface area contributed by atoms with Gasteiger partial charge in [-0.05, 0) is 12.1 Å². The van der Waals surface area contributed by atoms with Crippen molar-refractivity contribution < 1.29 is 0 Å². The first-order valence-electron chi connectivity index (χ1n) is 6.67. The lowest BCUT2D eigenvalue weighted by molar-refractivity contribution is 0.588. The Labute approximate surface area is 125 Å². The molecule has 102 valence electrons. The third kappa shape index (κ3) is 2.19. The molecule has 0 atom stereocenters. The number of nitrogens with one attached hydrogen (secondary N) is 1. The molecule has 20 heavy (non-hydrogen) atoms. The highest BCUT2D eigenvalue weighted by atomic mass is 32.1. The van der Waals surface area contributed by atoms with Gasteiger partial charge in [-0.15, -0.1) is 22.7 Å². The van der Waals surface area contributed by atoms with Crippen molar-refractivity contribution in [3.8, 4) is 10.7 Å². The third-order valence-corrected chi connectivity index (χ3v) is 5.35. The van der Waals surface area contributed by atoms with E-state index < -0.39 is 0 Å². The van der Waals surface area contributed by atoms with E-state index in [4.69, 9.17) is 4.98 Å². The van der Waals surface area contributed by atoms with Crippen LogP contribution in [0, 0.1) is 0 Å². The van der Waals surface area contributed by atoms with Crippen LogP contribution in [0.15, 0.2) is 29.6 Å². The highest BCUT2D eigenvalue weighted by Crippen LogP contribution is 2.33. The highest BCUT2D eigenvalue weighted by Gasteiger charge is 2.16. The molecule has 4 rings (SSSR count). The summed E-state index contributed by atoms with van der Waals surface area (Å²) in [4.78, 5) is 11.8. The van der Waals surface area contributed by atoms with Crippen molar-refractivity contribution in [2.24, 2.45) is 0 Å². The lowest BCUT2D eigenvalue weighted by Gasteiger charge is -2.26. The Morgan fingerprint density at radius 3 is 2.80 bits per heavy atom. The number of benzene rings is 1. The fourth-order valence-electron chi connectivity index (χ4n) is 2.35. The third-order valence-electron chi connectivity index (χ3n) is 3.39. The first kappa shape index (κ1) is 12.3. The Hall–Kier alpha value is -1.50.